The van der Waals surface area contributed by atoms with Gasteiger partial charge in [-0.3, -0.25) is 23.9 Å². The Morgan fingerprint density at radius 1 is 1.13 bits per heavy atom. The summed E-state index contributed by atoms with van der Waals surface area (Å²) in [5, 5.41) is 3.16. The second kappa shape index (κ2) is 13.6. The summed E-state index contributed by atoms with van der Waals surface area (Å²) in [4.78, 5) is 55.6. The van der Waals surface area contributed by atoms with Crippen molar-refractivity contribution in [1.82, 2.24) is 14.9 Å². The lowest BCUT2D eigenvalue weighted by atomic mass is 10.0. The van der Waals surface area contributed by atoms with E-state index in [-0.39, 0.29) is 48.2 Å². The van der Waals surface area contributed by atoms with Gasteiger partial charge in [-0.25, -0.2) is 4.79 Å². The largest absolute Gasteiger partial charge is 0.383 e. The molecular weight excluding hydrogens is 510 g/mol. The lowest BCUT2D eigenvalue weighted by Gasteiger charge is -2.27. The average molecular weight is 542 g/mol. The van der Waals surface area contributed by atoms with Crippen LogP contribution in [0.25, 0.3) is 0 Å². The minimum absolute atomic E-state index is 0.00850. The summed E-state index contributed by atoms with van der Waals surface area (Å²) < 4.78 is 6.42. The number of amides is 2. The molecule has 0 spiro atoms. The standard InChI is InChI=1S/C27H32ClN5O5/c1-3-4-14-33-24(29)23(26(36)31-27(33)37)32(15-16-38-2)22(34)17-21(18-10-6-5-7-11-18)30-25(35)19-12-8-9-13-20(19)28/h5-13,21H,3-4,14-17,29H2,1-2H3,(H,30,35)(H,31,36,37)/t21-/m1/s1. The molecule has 0 radical (unpaired) electrons. The van der Waals surface area contributed by atoms with Crippen molar-refractivity contribution in [1.29, 1.82) is 0 Å². The second-order valence-electron chi connectivity index (χ2n) is 8.66. The molecule has 0 fully saturated rings. The predicted octanol–water partition coefficient (Wildman–Crippen LogP) is 3.11. The topological polar surface area (TPSA) is 140 Å². The number of nitrogens with one attached hydrogen (secondary N) is 2. The van der Waals surface area contributed by atoms with E-state index in [0.717, 1.165) is 6.42 Å². The van der Waals surface area contributed by atoms with E-state index in [0.29, 0.717) is 12.0 Å². The van der Waals surface area contributed by atoms with E-state index in [9.17, 15) is 19.2 Å². The van der Waals surface area contributed by atoms with Crippen LogP contribution in [-0.2, 0) is 16.1 Å². The number of carbonyl (C=O) groups is 2. The molecule has 0 aliphatic rings. The van der Waals surface area contributed by atoms with Gasteiger partial charge in [0.25, 0.3) is 11.5 Å². The van der Waals surface area contributed by atoms with Gasteiger partial charge in [0.1, 0.15) is 5.82 Å². The van der Waals surface area contributed by atoms with Crippen LogP contribution < -0.4 is 27.2 Å². The molecule has 3 aromatic rings. The molecule has 1 atom stereocenters. The number of hydrogen-bond donors (Lipinski definition) is 3. The maximum absolute atomic E-state index is 13.7. The molecule has 0 aliphatic carbocycles. The van der Waals surface area contributed by atoms with Crippen molar-refractivity contribution in [2.24, 2.45) is 0 Å². The lowest BCUT2D eigenvalue weighted by molar-refractivity contribution is -0.119. The van der Waals surface area contributed by atoms with Crippen LogP contribution in [0.15, 0.2) is 64.2 Å². The van der Waals surface area contributed by atoms with E-state index in [4.69, 9.17) is 22.1 Å². The molecule has 0 unspecified atom stereocenters. The summed E-state index contributed by atoms with van der Waals surface area (Å²) in [5.74, 6) is -1.05. The minimum atomic E-state index is -0.777. The quantitative estimate of drug-likeness (QED) is 0.322. The van der Waals surface area contributed by atoms with Gasteiger partial charge in [0.05, 0.1) is 29.7 Å². The van der Waals surface area contributed by atoms with Gasteiger partial charge in [0.15, 0.2) is 5.69 Å². The number of H-pyrrole nitrogens is 1. The fourth-order valence-corrected chi connectivity index (χ4v) is 4.25. The highest BCUT2D eigenvalue weighted by atomic mass is 35.5. The van der Waals surface area contributed by atoms with Crippen molar-refractivity contribution >= 4 is 34.9 Å². The summed E-state index contributed by atoms with van der Waals surface area (Å²) in [7, 11) is 1.47. The number of nitrogens with two attached hydrogens (primary N) is 1. The summed E-state index contributed by atoms with van der Waals surface area (Å²) in [6.45, 7) is 2.37. The van der Waals surface area contributed by atoms with Gasteiger partial charge in [-0.15, -0.1) is 0 Å². The number of unbranched alkanes of at least 4 members (excludes halogenated alkanes) is 1. The first-order valence-electron chi connectivity index (χ1n) is 12.3. The normalized spacial score (nSPS) is 11.7. The maximum Gasteiger partial charge on any atom is 0.330 e. The molecule has 2 amide bonds. The molecular formula is C27H32ClN5O5. The third kappa shape index (κ3) is 6.90. The van der Waals surface area contributed by atoms with Crippen LogP contribution in [0.3, 0.4) is 0 Å². The number of halogens is 1. The third-order valence-corrected chi connectivity index (χ3v) is 6.37. The van der Waals surface area contributed by atoms with Crippen molar-refractivity contribution in [3.05, 3.63) is 91.6 Å². The van der Waals surface area contributed by atoms with Crippen LogP contribution in [0.1, 0.15) is 48.1 Å². The van der Waals surface area contributed by atoms with Crippen LogP contribution in [-0.4, -0.2) is 41.6 Å². The molecule has 1 heterocycles. The van der Waals surface area contributed by atoms with Gasteiger partial charge in [-0.1, -0.05) is 67.4 Å². The number of nitrogen functional groups attached to an aromatic ring is 1. The first-order chi connectivity index (χ1) is 18.3. The number of ether oxygens (including phenoxy) is 1. The van der Waals surface area contributed by atoms with E-state index in [2.05, 4.69) is 10.3 Å². The Balaban J connectivity index is 1.99. The molecule has 10 nitrogen and oxygen atoms in total. The Bertz CT molecular complexity index is 1370. The van der Waals surface area contributed by atoms with Gasteiger partial charge in [-0.05, 0) is 24.1 Å². The summed E-state index contributed by atoms with van der Waals surface area (Å²) in [6.07, 6.45) is 1.26. The zero-order valence-electron chi connectivity index (χ0n) is 21.4. The van der Waals surface area contributed by atoms with Crippen LogP contribution in [0.5, 0.6) is 0 Å². The van der Waals surface area contributed by atoms with Crippen LogP contribution in [0.4, 0.5) is 11.5 Å². The van der Waals surface area contributed by atoms with Gasteiger partial charge < -0.3 is 20.7 Å². The minimum Gasteiger partial charge on any atom is -0.383 e. The summed E-state index contributed by atoms with van der Waals surface area (Å²) in [5.41, 5.74) is 5.67. The van der Waals surface area contributed by atoms with E-state index >= 15 is 0 Å². The zero-order valence-corrected chi connectivity index (χ0v) is 22.2. The fraction of sp³-hybridized carbons (Fsp3) is 0.333. The number of anilines is 2. The second-order valence-corrected chi connectivity index (χ2v) is 9.06. The highest BCUT2D eigenvalue weighted by molar-refractivity contribution is 6.33. The molecule has 2 aromatic carbocycles. The van der Waals surface area contributed by atoms with Crippen molar-refractivity contribution in [3.63, 3.8) is 0 Å². The number of benzene rings is 2. The van der Waals surface area contributed by atoms with Crippen molar-refractivity contribution in [2.75, 3.05) is 30.9 Å². The number of methoxy groups -OCH3 is 1. The number of aromatic amines is 1. The van der Waals surface area contributed by atoms with E-state index in [1.165, 1.54) is 16.6 Å². The highest BCUT2D eigenvalue weighted by Crippen LogP contribution is 2.24. The third-order valence-electron chi connectivity index (χ3n) is 6.04. The van der Waals surface area contributed by atoms with Gasteiger partial charge in [0.2, 0.25) is 5.91 Å². The Morgan fingerprint density at radius 3 is 2.47 bits per heavy atom. The molecule has 11 heteroatoms. The van der Waals surface area contributed by atoms with Crippen molar-refractivity contribution in [3.8, 4) is 0 Å². The van der Waals surface area contributed by atoms with Crippen LogP contribution in [0.2, 0.25) is 5.02 Å². The molecule has 1 aromatic heterocycles. The number of carbonyl (C=O) groups excluding carboxylic acids is 2. The highest BCUT2D eigenvalue weighted by Gasteiger charge is 2.28. The molecule has 0 saturated carbocycles. The van der Waals surface area contributed by atoms with E-state index < -0.39 is 29.1 Å². The Hall–Kier alpha value is -3.89. The summed E-state index contributed by atoms with van der Waals surface area (Å²) in [6, 6.07) is 14.8. The van der Waals surface area contributed by atoms with Crippen LogP contribution in [0, 0.1) is 0 Å². The first kappa shape index (κ1) is 28.7. The zero-order chi connectivity index (χ0) is 27.7. The SMILES string of the molecule is CCCCn1c(N)c(N(CCOC)C(=O)C[C@@H](NC(=O)c2ccccc2Cl)c2ccccc2)c(=O)[nH]c1=O. The molecule has 4 N–H and O–H groups in total. The van der Waals surface area contributed by atoms with Gasteiger partial charge >= 0.3 is 5.69 Å². The van der Waals surface area contributed by atoms with Crippen LogP contribution >= 0.6 is 11.6 Å². The predicted molar refractivity (Wildman–Crippen MR) is 148 cm³/mol. The van der Waals surface area contributed by atoms with Gasteiger partial charge in [0, 0.05) is 20.2 Å². The molecule has 0 saturated heterocycles. The fourth-order valence-electron chi connectivity index (χ4n) is 4.02. The monoisotopic (exact) mass is 541 g/mol. The number of aromatic nitrogens is 2. The Morgan fingerprint density at radius 2 is 1.82 bits per heavy atom. The van der Waals surface area contributed by atoms with Gasteiger partial charge in [-0.2, -0.15) is 0 Å². The number of rotatable bonds is 12. The maximum atomic E-state index is 13.7. The molecule has 38 heavy (non-hydrogen) atoms. The molecule has 3 rings (SSSR count). The Labute approximate surface area is 225 Å². The Kier molecular flexibility index (Phi) is 10.3. The molecule has 202 valence electrons. The van der Waals surface area contributed by atoms with Crippen molar-refractivity contribution < 1.29 is 14.3 Å². The smallest absolute Gasteiger partial charge is 0.330 e. The summed E-state index contributed by atoms with van der Waals surface area (Å²) >= 11 is 6.21. The molecule has 0 aliphatic heterocycles. The van der Waals surface area contributed by atoms with Crippen molar-refractivity contribution in [2.45, 2.75) is 38.8 Å². The molecule has 0 bridgehead atoms. The number of hydrogen-bond acceptors (Lipinski definition) is 6. The average Bonchev–Trinajstić information content (AvgIpc) is 2.90. The van der Waals surface area contributed by atoms with E-state index in [1.807, 2.05) is 13.0 Å². The lowest BCUT2D eigenvalue weighted by Crippen LogP contribution is -2.44. The van der Waals surface area contributed by atoms with E-state index in [1.54, 1.807) is 48.5 Å². The number of nitrogens with zero attached hydrogens (tertiary/aromatic N) is 2. The first-order valence-corrected chi connectivity index (χ1v) is 12.7.